The molecule has 0 aliphatic rings. The van der Waals surface area contributed by atoms with Gasteiger partial charge in [0.15, 0.2) is 6.10 Å². The minimum absolute atomic E-state index is 0.0721. The Morgan fingerprint density at radius 3 is 2.54 bits per heavy atom. The van der Waals surface area contributed by atoms with E-state index in [9.17, 15) is 25.0 Å². The summed E-state index contributed by atoms with van der Waals surface area (Å²) in [6.07, 6.45) is 0.0887. The van der Waals surface area contributed by atoms with Gasteiger partial charge in [-0.2, -0.15) is 0 Å². The summed E-state index contributed by atoms with van der Waals surface area (Å²) in [5.74, 6) is -1.17. The lowest BCUT2D eigenvalue weighted by atomic mass is 10.2. The molecule has 1 amide bonds. The van der Waals surface area contributed by atoms with Gasteiger partial charge in [-0.3, -0.25) is 14.9 Å². The van der Waals surface area contributed by atoms with Gasteiger partial charge in [0.05, 0.1) is 17.7 Å². The van der Waals surface area contributed by atoms with E-state index < -0.39 is 27.7 Å². The van der Waals surface area contributed by atoms with Crippen molar-refractivity contribution >= 4 is 23.1 Å². The van der Waals surface area contributed by atoms with Crippen molar-refractivity contribution in [1.29, 1.82) is 0 Å². The van der Waals surface area contributed by atoms with Crippen LogP contribution < -0.4 is 14.8 Å². The van der Waals surface area contributed by atoms with Crippen molar-refractivity contribution in [2.45, 2.75) is 13.0 Å². The van der Waals surface area contributed by atoms with Crippen LogP contribution in [0.15, 0.2) is 36.5 Å². The van der Waals surface area contributed by atoms with Crippen molar-refractivity contribution < 1.29 is 24.1 Å². The number of aromatic nitrogens is 1. The molecular formula is C15H14N4O7. The van der Waals surface area contributed by atoms with Crippen LogP contribution in [0.2, 0.25) is 0 Å². The molecule has 2 rings (SSSR count). The van der Waals surface area contributed by atoms with Crippen LogP contribution in [-0.2, 0) is 4.79 Å². The molecule has 0 fully saturated rings. The highest BCUT2D eigenvalue weighted by molar-refractivity contribution is 5.95. The number of non-ortho nitro benzene ring substituents is 1. The van der Waals surface area contributed by atoms with E-state index >= 15 is 0 Å². The van der Waals surface area contributed by atoms with Gasteiger partial charge in [-0.25, -0.2) is 0 Å². The highest BCUT2D eigenvalue weighted by atomic mass is 16.6. The Labute approximate surface area is 146 Å². The minimum Gasteiger partial charge on any atom is -0.495 e. The molecule has 2 aromatic rings. The first kappa shape index (κ1) is 18.6. The summed E-state index contributed by atoms with van der Waals surface area (Å²) >= 11 is 0. The number of benzene rings is 1. The van der Waals surface area contributed by atoms with E-state index in [0.717, 1.165) is 6.07 Å². The van der Waals surface area contributed by atoms with Gasteiger partial charge in [0.25, 0.3) is 11.6 Å². The smallest absolute Gasteiger partial charge is 0.406 e. The molecule has 0 saturated heterocycles. The maximum Gasteiger partial charge on any atom is 0.406 e. The number of pyridine rings is 1. The molecule has 0 aliphatic carbocycles. The first-order valence-electron chi connectivity index (χ1n) is 7.23. The van der Waals surface area contributed by atoms with Crippen LogP contribution in [0.5, 0.6) is 11.5 Å². The Kier molecular flexibility index (Phi) is 5.63. The Hall–Kier alpha value is -3.76. The van der Waals surface area contributed by atoms with Crippen LogP contribution in [0.4, 0.5) is 17.2 Å². The first-order chi connectivity index (χ1) is 12.3. The molecule has 11 nitrogen and oxygen atoms in total. The SMILES string of the molecule is COc1ccc([N+](=O)[O-])cc1NC(=O)[C@@H](C)Oc1cccnc1[N+](=O)[O-]. The molecule has 1 aromatic heterocycles. The predicted molar refractivity (Wildman–Crippen MR) is 89.3 cm³/mol. The molecular weight excluding hydrogens is 348 g/mol. The third-order valence-corrected chi connectivity index (χ3v) is 3.25. The standard InChI is InChI=1S/C15H14N4O7/c1-9(26-13-4-3-7-16-14(13)19(23)24)15(20)17-11-8-10(18(21)22)5-6-12(11)25-2/h3-9H,1-2H3,(H,17,20)/t9-/m1/s1. The Balaban J connectivity index is 2.19. The molecule has 1 aromatic carbocycles. The normalized spacial score (nSPS) is 11.3. The van der Waals surface area contributed by atoms with Crippen LogP contribution in [0, 0.1) is 20.2 Å². The number of amides is 1. The summed E-state index contributed by atoms with van der Waals surface area (Å²) in [4.78, 5) is 36.3. The molecule has 11 heteroatoms. The highest BCUT2D eigenvalue weighted by Crippen LogP contribution is 2.29. The van der Waals surface area contributed by atoms with Gasteiger partial charge in [0, 0.05) is 12.1 Å². The summed E-state index contributed by atoms with van der Waals surface area (Å²) in [6, 6.07) is 6.44. The molecule has 1 N–H and O–H groups in total. The molecule has 1 heterocycles. The second-order valence-electron chi connectivity index (χ2n) is 4.97. The van der Waals surface area contributed by atoms with Crippen LogP contribution in [-0.4, -0.2) is 34.0 Å². The van der Waals surface area contributed by atoms with Gasteiger partial charge in [-0.15, -0.1) is 0 Å². The fourth-order valence-electron chi connectivity index (χ4n) is 2.00. The van der Waals surface area contributed by atoms with Crippen molar-refractivity contribution in [3.8, 4) is 11.5 Å². The van der Waals surface area contributed by atoms with E-state index in [4.69, 9.17) is 9.47 Å². The zero-order valence-corrected chi connectivity index (χ0v) is 13.7. The quantitative estimate of drug-likeness (QED) is 0.583. The van der Waals surface area contributed by atoms with Gasteiger partial charge in [-0.1, -0.05) is 0 Å². The predicted octanol–water partition coefficient (Wildman–Crippen LogP) is 2.31. The fraction of sp³-hybridized carbons (Fsp3) is 0.200. The van der Waals surface area contributed by atoms with Crippen LogP contribution in [0.1, 0.15) is 6.92 Å². The molecule has 1 atom stereocenters. The number of anilines is 1. The molecule has 136 valence electrons. The van der Waals surface area contributed by atoms with Crippen molar-refractivity contribution in [3.05, 3.63) is 56.8 Å². The average molecular weight is 362 g/mol. The number of rotatable bonds is 7. The lowest BCUT2D eigenvalue weighted by molar-refractivity contribution is -0.390. The van der Waals surface area contributed by atoms with Crippen molar-refractivity contribution in [3.63, 3.8) is 0 Å². The summed E-state index contributed by atoms with van der Waals surface area (Å²) in [5.41, 5.74) is -0.166. The topological polar surface area (TPSA) is 147 Å². The number of ether oxygens (including phenoxy) is 2. The second-order valence-corrected chi connectivity index (χ2v) is 4.97. The Morgan fingerprint density at radius 1 is 1.19 bits per heavy atom. The number of nitro groups is 2. The van der Waals surface area contributed by atoms with E-state index in [-0.39, 0.29) is 22.9 Å². The molecule has 0 aliphatic heterocycles. The van der Waals surface area contributed by atoms with Crippen LogP contribution >= 0.6 is 0 Å². The van der Waals surface area contributed by atoms with E-state index in [0.29, 0.717) is 0 Å². The highest BCUT2D eigenvalue weighted by Gasteiger charge is 2.23. The van der Waals surface area contributed by atoms with E-state index in [2.05, 4.69) is 10.3 Å². The number of nitrogens with zero attached hydrogens (tertiary/aromatic N) is 3. The maximum absolute atomic E-state index is 12.3. The van der Waals surface area contributed by atoms with Crippen molar-refractivity contribution in [1.82, 2.24) is 4.98 Å². The third kappa shape index (κ3) is 4.20. The molecule has 0 spiro atoms. The number of nitro benzene ring substituents is 1. The van der Waals surface area contributed by atoms with Crippen LogP contribution in [0.25, 0.3) is 0 Å². The van der Waals surface area contributed by atoms with Crippen molar-refractivity contribution in [2.24, 2.45) is 0 Å². The molecule has 0 radical (unpaired) electrons. The lowest BCUT2D eigenvalue weighted by Gasteiger charge is -2.15. The largest absolute Gasteiger partial charge is 0.495 e. The summed E-state index contributed by atoms with van der Waals surface area (Å²) < 4.78 is 10.4. The summed E-state index contributed by atoms with van der Waals surface area (Å²) in [6.45, 7) is 1.37. The fourth-order valence-corrected chi connectivity index (χ4v) is 2.00. The number of carbonyl (C=O) groups excluding carboxylic acids is 1. The number of nitrogens with one attached hydrogen (secondary N) is 1. The zero-order chi connectivity index (χ0) is 19.3. The number of hydrogen-bond donors (Lipinski definition) is 1. The van der Waals surface area contributed by atoms with E-state index in [1.807, 2.05) is 0 Å². The minimum atomic E-state index is -1.14. The number of hydrogen-bond acceptors (Lipinski definition) is 8. The van der Waals surface area contributed by atoms with Crippen LogP contribution in [0.3, 0.4) is 0 Å². The maximum atomic E-state index is 12.3. The Bertz CT molecular complexity index is 856. The molecule has 0 bridgehead atoms. The number of carbonyl (C=O) groups is 1. The van der Waals surface area contributed by atoms with Gasteiger partial charge in [-0.05, 0) is 35.0 Å². The van der Waals surface area contributed by atoms with Gasteiger partial charge in [0.2, 0.25) is 5.75 Å². The summed E-state index contributed by atoms with van der Waals surface area (Å²) in [7, 11) is 1.34. The molecule has 0 saturated carbocycles. The average Bonchev–Trinajstić information content (AvgIpc) is 2.61. The first-order valence-corrected chi connectivity index (χ1v) is 7.23. The van der Waals surface area contributed by atoms with Gasteiger partial charge < -0.3 is 24.9 Å². The molecule has 0 unspecified atom stereocenters. The van der Waals surface area contributed by atoms with Crippen molar-refractivity contribution in [2.75, 3.05) is 12.4 Å². The second kappa shape index (κ2) is 7.88. The zero-order valence-electron chi connectivity index (χ0n) is 13.7. The van der Waals surface area contributed by atoms with E-state index in [1.165, 1.54) is 44.5 Å². The lowest BCUT2D eigenvalue weighted by Crippen LogP contribution is -2.30. The summed E-state index contributed by atoms with van der Waals surface area (Å²) in [5, 5.41) is 24.2. The van der Waals surface area contributed by atoms with Gasteiger partial charge in [0.1, 0.15) is 11.9 Å². The number of methoxy groups -OCH3 is 1. The monoisotopic (exact) mass is 362 g/mol. The molecule has 26 heavy (non-hydrogen) atoms. The van der Waals surface area contributed by atoms with E-state index in [1.54, 1.807) is 0 Å². The Morgan fingerprint density at radius 2 is 1.92 bits per heavy atom. The van der Waals surface area contributed by atoms with Gasteiger partial charge >= 0.3 is 5.82 Å². The third-order valence-electron chi connectivity index (χ3n) is 3.25.